The van der Waals surface area contributed by atoms with Gasteiger partial charge in [-0.15, -0.1) is 0 Å². The number of rotatable bonds is 11. The molecule has 4 rings (SSSR count). The number of unbranched alkanes of at least 4 members (excludes halogenated alkanes) is 5. The number of aryl methyl sites for hydroxylation is 1. The number of nitrogens with zero attached hydrogens (tertiary/aromatic N) is 1. The number of carbonyl (C=O) groups is 1. The summed E-state index contributed by atoms with van der Waals surface area (Å²) < 4.78 is 25.4. The fourth-order valence-corrected chi connectivity index (χ4v) is 5.33. The first-order valence-electron chi connectivity index (χ1n) is 14.6. The Morgan fingerprint density at radius 3 is 2.36 bits per heavy atom. The Labute approximate surface area is 255 Å². The lowest BCUT2D eigenvalue weighted by molar-refractivity contribution is -0.121. The van der Waals surface area contributed by atoms with E-state index in [1.807, 2.05) is 32.9 Å². The van der Waals surface area contributed by atoms with Crippen LogP contribution in [-0.4, -0.2) is 36.5 Å². The number of phenolic OH excluding ortho intramolecular Hbond substituents is 1. The molecule has 0 saturated heterocycles. The number of fused-ring (bicyclic) bond motifs is 1. The van der Waals surface area contributed by atoms with Gasteiger partial charge in [0.15, 0.2) is 0 Å². The molecular weight excluding hydrogens is 551 g/mol. The zero-order valence-electron chi connectivity index (χ0n) is 25.7. The number of halogens is 1. The standard InChI is InChI=1S/C26H27FN2O4.C8H18S/c1-15-6-7-16(27)12-22(15)33-14-20-18(19-9-8-17(30)13-23(19)32-5)10-11-21-24(20)29(4)25(31)26(2,3)28-21;1-2-3-4-5-6-7-8-9/h6-13,28,30H,14H2,1-5H3;9H,2-8H2,1H3. The van der Waals surface area contributed by atoms with Crippen molar-refractivity contribution in [2.45, 2.75) is 78.4 Å². The molecule has 2 N–H and O–H groups in total. The van der Waals surface area contributed by atoms with Gasteiger partial charge in [0.25, 0.3) is 5.91 Å². The summed E-state index contributed by atoms with van der Waals surface area (Å²) in [4.78, 5) is 14.7. The van der Waals surface area contributed by atoms with Crippen LogP contribution in [0.5, 0.6) is 17.2 Å². The van der Waals surface area contributed by atoms with Crippen molar-refractivity contribution in [1.82, 2.24) is 0 Å². The van der Waals surface area contributed by atoms with Gasteiger partial charge in [0.05, 0.1) is 18.5 Å². The van der Waals surface area contributed by atoms with E-state index in [9.17, 15) is 14.3 Å². The molecule has 1 amide bonds. The van der Waals surface area contributed by atoms with E-state index in [0.29, 0.717) is 17.2 Å². The Kier molecular flexibility index (Phi) is 12.0. The number of phenols is 1. The minimum Gasteiger partial charge on any atom is -0.508 e. The molecule has 0 aliphatic carbocycles. The second-order valence-corrected chi connectivity index (χ2v) is 11.6. The smallest absolute Gasteiger partial charge is 0.251 e. The van der Waals surface area contributed by atoms with Gasteiger partial charge in [-0.25, -0.2) is 4.39 Å². The Bertz CT molecular complexity index is 1360. The molecule has 0 saturated carbocycles. The quantitative estimate of drug-likeness (QED) is 0.153. The van der Waals surface area contributed by atoms with E-state index in [0.717, 1.165) is 33.7 Å². The molecule has 228 valence electrons. The molecule has 0 aromatic heterocycles. The number of benzene rings is 3. The third kappa shape index (κ3) is 8.12. The summed E-state index contributed by atoms with van der Waals surface area (Å²) in [6.07, 6.45) is 8.27. The van der Waals surface area contributed by atoms with Crippen LogP contribution in [0.25, 0.3) is 11.1 Å². The number of thiol groups is 1. The van der Waals surface area contributed by atoms with Gasteiger partial charge in [0.1, 0.15) is 35.2 Å². The number of ether oxygens (including phenoxy) is 2. The molecule has 0 bridgehead atoms. The number of nitrogens with one attached hydrogen (secondary N) is 1. The second-order valence-electron chi connectivity index (χ2n) is 11.2. The third-order valence-corrected chi connectivity index (χ3v) is 7.73. The molecule has 1 aliphatic heterocycles. The summed E-state index contributed by atoms with van der Waals surface area (Å²) in [5.74, 6) is 1.57. The number of amides is 1. The van der Waals surface area contributed by atoms with Crippen LogP contribution in [0.15, 0.2) is 48.5 Å². The molecule has 3 aromatic rings. The highest BCUT2D eigenvalue weighted by atomic mass is 32.1. The lowest BCUT2D eigenvalue weighted by Gasteiger charge is -2.39. The van der Waals surface area contributed by atoms with Gasteiger partial charge in [-0.05, 0) is 68.3 Å². The number of hydrogen-bond donors (Lipinski definition) is 3. The third-order valence-electron chi connectivity index (χ3n) is 7.41. The van der Waals surface area contributed by atoms with Crippen molar-refractivity contribution in [3.8, 4) is 28.4 Å². The SMILES string of the molecule is CCCCCCCCS.COc1cc(O)ccc1-c1ccc2c(c1COc1cc(F)ccc1C)N(C)C(=O)C(C)(C)N2. The average Bonchev–Trinajstić information content (AvgIpc) is 2.96. The minimum atomic E-state index is -0.767. The fraction of sp³-hybridized carbons (Fsp3) is 0.441. The molecule has 1 heterocycles. The molecular formula is C34H45FN2O4S. The molecule has 0 atom stereocenters. The molecule has 6 nitrogen and oxygen atoms in total. The van der Waals surface area contributed by atoms with Crippen molar-refractivity contribution in [2.75, 3.05) is 30.1 Å². The van der Waals surface area contributed by atoms with Gasteiger partial charge in [-0.1, -0.05) is 51.2 Å². The first kappa shape index (κ1) is 33.1. The number of methoxy groups -OCH3 is 1. The molecule has 0 radical (unpaired) electrons. The molecule has 1 aliphatic rings. The van der Waals surface area contributed by atoms with Crippen molar-refractivity contribution >= 4 is 29.9 Å². The lowest BCUT2D eigenvalue weighted by Crippen LogP contribution is -2.52. The zero-order valence-corrected chi connectivity index (χ0v) is 26.6. The highest BCUT2D eigenvalue weighted by Crippen LogP contribution is 2.45. The van der Waals surface area contributed by atoms with Crippen LogP contribution in [0.1, 0.15) is 70.4 Å². The maximum atomic E-state index is 13.8. The van der Waals surface area contributed by atoms with Gasteiger partial charge in [0.2, 0.25) is 0 Å². The molecule has 0 unspecified atom stereocenters. The van der Waals surface area contributed by atoms with Crippen molar-refractivity contribution in [3.05, 3.63) is 65.5 Å². The van der Waals surface area contributed by atoms with Crippen LogP contribution >= 0.6 is 12.6 Å². The Hall–Kier alpha value is -3.39. The van der Waals surface area contributed by atoms with E-state index in [2.05, 4.69) is 24.9 Å². The molecule has 8 heteroatoms. The number of carbonyl (C=O) groups excluding carboxylic acids is 1. The molecule has 42 heavy (non-hydrogen) atoms. The summed E-state index contributed by atoms with van der Waals surface area (Å²) in [6.45, 7) is 7.85. The van der Waals surface area contributed by atoms with Crippen LogP contribution < -0.4 is 19.7 Å². The largest absolute Gasteiger partial charge is 0.508 e. The molecule has 0 fully saturated rings. The van der Waals surface area contributed by atoms with Crippen LogP contribution in [-0.2, 0) is 11.4 Å². The lowest BCUT2D eigenvalue weighted by atomic mass is 9.91. The van der Waals surface area contributed by atoms with E-state index in [4.69, 9.17) is 9.47 Å². The maximum Gasteiger partial charge on any atom is 0.251 e. The predicted molar refractivity (Wildman–Crippen MR) is 174 cm³/mol. The normalized spacial score (nSPS) is 13.5. The van der Waals surface area contributed by atoms with Gasteiger partial charge >= 0.3 is 0 Å². The first-order valence-corrected chi connectivity index (χ1v) is 15.3. The summed E-state index contributed by atoms with van der Waals surface area (Å²) in [5, 5.41) is 13.2. The summed E-state index contributed by atoms with van der Waals surface area (Å²) in [6, 6.07) is 13.1. The van der Waals surface area contributed by atoms with Crippen molar-refractivity contribution < 1.29 is 23.8 Å². The van der Waals surface area contributed by atoms with Gasteiger partial charge < -0.3 is 24.8 Å². The Morgan fingerprint density at radius 1 is 0.976 bits per heavy atom. The van der Waals surface area contributed by atoms with E-state index in [-0.39, 0.29) is 24.1 Å². The Balaban J connectivity index is 0.000000467. The van der Waals surface area contributed by atoms with E-state index in [1.54, 1.807) is 30.1 Å². The van der Waals surface area contributed by atoms with Crippen molar-refractivity contribution in [2.24, 2.45) is 0 Å². The first-order chi connectivity index (χ1) is 20.0. The van der Waals surface area contributed by atoms with Gasteiger partial charge in [-0.3, -0.25) is 4.79 Å². The number of likely N-dealkylation sites (N-methyl/N-ethyl adjacent to an activating group) is 1. The summed E-state index contributed by atoms with van der Waals surface area (Å²) in [7, 11) is 3.27. The van der Waals surface area contributed by atoms with Gasteiger partial charge in [-0.2, -0.15) is 12.6 Å². The number of anilines is 2. The fourth-order valence-electron chi connectivity index (χ4n) is 5.10. The van der Waals surface area contributed by atoms with Crippen LogP contribution in [0.3, 0.4) is 0 Å². The minimum absolute atomic E-state index is 0.0810. The highest BCUT2D eigenvalue weighted by molar-refractivity contribution is 7.80. The van der Waals surface area contributed by atoms with Crippen LogP contribution in [0.4, 0.5) is 15.8 Å². The highest BCUT2D eigenvalue weighted by Gasteiger charge is 2.38. The monoisotopic (exact) mass is 596 g/mol. The number of hydrogen-bond acceptors (Lipinski definition) is 6. The summed E-state index contributed by atoms with van der Waals surface area (Å²) in [5.41, 5.74) is 3.75. The topological polar surface area (TPSA) is 71.0 Å². The van der Waals surface area contributed by atoms with E-state index in [1.165, 1.54) is 63.8 Å². The zero-order chi connectivity index (χ0) is 30.9. The van der Waals surface area contributed by atoms with Crippen molar-refractivity contribution in [3.63, 3.8) is 0 Å². The van der Waals surface area contributed by atoms with Crippen LogP contribution in [0.2, 0.25) is 0 Å². The second kappa shape index (κ2) is 15.2. The van der Waals surface area contributed by atoms with Gasteiger partial charge in [0, 0.05) is 30.3 Å². The van der Waals surface area contributed by atoms with E-state index >= 15 is 0 Å². The number of aromatic hydroxyl groups is 1. The molecule has 3 aromatic carbocycles. The average molecular weight is 597 g/mol. The van der Waals surface area contributed by atoms with Crippen molar-refractivity contribution in [1.29, 1.82) is 0 Å². The molecule has 0 spiro atoms. The predicted octanol–water partition coefficient (Wildman–Crippen LogP) is 8.54. The maximum absolute atomic E-state index is 13.8. The summed E-state index contributed by atoms with van der Waals surface area (Å²) >= 11 is 4.15. The van der Waals surface area contributed by atoms with E-state index < -0.39 is 5.54 Å². The van der Waals surface area contributed by atoms with Crippen LogP contribution in [0, 0.1) is 12.7 Å². The Morgan fingerprint density at radius 2 is 1.67 bits per heavy atom.